The second kappa shape index (κ2) is 60.8. The zero-order valence-corrected chi connectivity index (χ0v) is 66.1. The number of hydrogen-bond donors (Lipinski definition) is 9. The molecule has 0 saturated carbocycles. The fourth-order valence-electron chi connectivity index (χ4n) is 13.5. The number of hydrogen-bond acceptors (Lipinski definition) is 21. The number of aliphatic hydroxyl groups is 4. The van der Waals surface area contributed by atoms with Crippen LogP contribution in [0, 0.1) is 0 Å². The molecule has 0 unspecified atom stereocenters. The standard InChI is InChI=1S/C78H143N2O24P/c1-7-13-19-25-27-29-31-37-43-49-67(88)98-60(47-41-35-23-17-11-5)53-64(84)79-71-75(102-69(90)51-58(82)45-39-33-21-15-9-3)73(92)63(101-77(71)97-57-66(86)87)56-96-78-72(76(74(62(55-81)100-78)104-105(93,94)95)103-70(91)52-59(83)46-40-34-22-16-10-4)80-65(85)54-61(48-42-36-24-18-12-6)99-68(89)50-44-38-32-30-28-26-20-14-8-2/h58-63,71-78,81-83,92H,7-57H2,1-6H3,(H,79,84)(H,80,85)(H,86,87)(H2,93,94,95)/t58-,59-,60-,61-,62-,63-,71-,72-,73-,74-,75-,76-,77+,78-/m1/s1. The maximum absolute atomic E-state index is 14.8. The number of unbranched alkanes of at least 4 members (excludes halogenated alkanes) is 32. The first-order valence-electron chi connectivity index (χ1n) is 41.0. The van der Waals surface area contributed by atoms with Crippen molar-refractivity contribution in [2.24, 2.45) is 0 Å². The molecule has 0 aliphatic carbocycles. The monoisotopic (exact) mass is 1520 g/mol. The van der Waals surface area contributed by atoms with Crippen LogP contribution in [0.3, 0.4) is 0 Å². The molecular formula is C78H143N2O24P. The number of rotatable bonds is 67. The Bertz CT molecular complexity index is 2340. The maximum Gasteiger partial charge on any atom is 0.470 e. The summed E-state index contributed by atoms with van der Waals surface area (Å²) in [6, 6.07) is -3.55. The maximum atomic E-state index is 14.8. The van der Waals surface area contributed by atoms with Crippen molar-refractivity contribution in [3.63, 3.8) is 0 Å². The average molecular weight is 1520 g/mol. The summed E-state index contributed by atoms with van der Waals surface area (Å²) in [5.74, 6) is -6.27. The number of phosphoric ester groups is 1. The lowest BCUT2D eigenvalue weighted by molar-refractivity contribution is -0.304. The highest BCUT2D eigenvalue weighted by Crippen LogP contribution is 2.43. The minimum absolute atomic E-state index is 0.102. The van der Waals surface area contributed by atoms with Crippen molar-refractivity contribution in [3.05, 3.63) is 0 Å². The summed E-state index contributed by atoms with van der Waals surface area (Å²) in [5.41, 5.74) is 0. The normalized spacial score (nSPS) is 21.6. The molecule has 105 heavy (non-hydrogen) atoms. The van der Waals surface area contributed by atoms with Gasteiger partial charge in [0.15, 0.2) is 24.8 Å². The van der Waals surface area contributed by atoms with E-state index in [4.69, 9.17) is 42.4 Å². The van der Waals surface area contributed by atoms with Crippen LogP contribution in [0.15, 0.2) is 0 Å². The summed E-state index contributed by atoms with van der Waals surface area (Å²) in [6.07, 6.45) is 14.8. The number of nitrogens with one attached hydrogen (secondary N) is 2. The zero-order valence-electron chi connectivity index (χ0n) is 65.2. The van der Waals surface area contributed by atoms with Crippen LogP contribution in [0.25, 0.3) is 0 Å². The lowest BCUT2D eigenvalue weighted by Crippen LogP contribution is -2.68. The van der Waals surface area contributed by atoms with Crippen LogP contribution in [0.1, 0.15) is 350 Å². The Labute approximate surface area is 628 Å². The largest absolute Gasteiger partial charge is 0.480 e. The molecule has 0 aromatic carbocycles. The van der Waals surface area contributed by atoms with Crippen LogP contribution in [-0.4, -0.2) is 183 Å². The van der Waals surface area contributed by atoms with E-state index in [0.717, 1.165) is 173 Å². The molecule has 2 heterocycles. The molecule has 0 spiro atoms. The number of amides is 2. The Hall–Kier alpha value is -3.92. The van der Waals surface area contributed by atoms with Crippen LogP contribution < -0.4 is 10.6 Å². The van der Waals surface area contributed by atoms with Crippen molar-refractivity contribution in [1.29, 1.82) is 0 Å². The number of carboxylic acid groups (broad SMARTS) is 1. The van der Waals surface area contributed by atoms with Crippen molar-refractivity contribution < 1.29 is 116 Å². The molecule has 0 radical (unpaired) electrons. The molecule has 2 fully saturated rings. The average Bonchev–Trinajstić information content (AvgIpc) is 0.784. The van der Waals surface area contributed by atoms with E-state index in [1.54, 1.807) is 0 Å². The van der Waals surface area contributed by atoms with E-state index in [1.807, 2.05) is 0 Å². The predicted octanol–water partition coefficient (Wildman–Crippen LogP) is 13.6. The van der Waals surface area contributed by atoms with E-state index in [0.29, 0.717) is 44.9 Å². The first kappa shape index (κ1) is 97.2. The molecule has 0 aromatic heterocycles. The highest BCUT2D eigenvalue weighted by Gasteiger charge is 2.54. The highest BCUT2D eigenvalue weighted by molar-refractivity contribution is 7.46. The molecule has 14 atom stereocenters. The molecule has 2 rings (SSSR count). The van der Waals surface area contributed by atoms with Gasteiger partial charge in [-0.05, 0) is 51.4 Å². The third kappa shape index (κ3) is 47.0. The van der Waals surface area contributed by atoms with Gasteiger partial charge in [0.25, 0.3) is 0 Å². The van der Waals surface area contributed by atoms with Crippen LogP contribution in [0.2, 0.25) is 0 Å². The Morgan fingerprint density at radius 1 is 0.419 bits per heavy atom. The molecule has 2 amide bonds. The summed E-state index contributed by atoms with van der Waals surface area (Å²) in [4.78, 5) is 117. The minimum atomic E-state index is -5.60. The van der Waals surface area contributed by atoms with Gasteiger partial charge in [0, 0.05) is 12.8 Å². The third-order valence-corrected chi connectivity index (χ3v) is 20.0. The number of ether oxygens (including phenoxy) is 8. The van der Waals surface area contributed by atoms with Gasteiger partial charge in [0.05, 0.1) is 51.1 Å². The number of carbonyl (C=O) groups excluding carboxylic acids is 6. The molecule has 26 nitrogen and oxygen atoms in total. The Morgan fingerprint density at radius 3 is 1.12 bits per heavy atom. The lowest BCUT2D eigenvalue weighted by atomic mass is 9.95. The summed E-state index contributed by atoms with van der Waals surface area (Å²) in [7, 11) is -5.60. The molecule has 2 saturated heterocycles. The Morgan fingerprint density at radius 2 is 0.752 bits per heavy atom. The number of aliphatic carboxylic acids is 1. The van der Waals surface area contributed by atoms with E-state index in [9.17, 15) is 73.4 Å². The first-order valence-corrected chi connectivity index (χ1v) is 42.6. The van der Waals surface area contributed by atoms with Crippen LogP contribution >= 0.6 is 7.82 Å². The van der Waals surface area contributed by atoms with E-state index in [2.05, 4.69) is 52.2 Å². The summed E-state index contributed by atoms with van der Waals surface area (Å²) in [5, 5.41) is 61.1. The van der Waals surface area contributed by atoms with Gasteiger partial charge >= 0.3 is 37.7 Å². The number of carbonyl (C=O) groups is 7. The topological polar surface area (TPSA) is 385 Å². The van der Waals surface area contributed by atoms with Crippen molar-refractivity contribution in [3.8, 4) is 0 Å². The Kier molecular flexibility index (Phi) is 56.3. The van der Waals surface area contributed by atoms with E-state index >= 15 is 0 Å². The van der Waals surface area contributed by atoms with E-state index in [1.165, 1.54) is 32.1 Å². The predicted molar refractivity (Wildman–Crippen MR) is 398 cm³/mol. The van der Waals surface area contributed by atoms with Gasteiger partial charge in [-0.15, -0.1) is 0 Å². The highest BCUT2D eigenvalue weighted by atomic mass is 31.2. The van der Waals surface area contributed by atoms with Gasteiger partial charge in [-0.25, -0.2) is 9.36 Å². The Balaban J connectivity index is 2.75. The molecule has 2 aliphatic rings. The SMILES string of the molecule is CCCCCCCCCCCC(=O)O[C@H](CCCCCCC)CC(=O)N[C@H]1[C@H](OC[C@H]2O[C@H](OCC(=O)O)[C@H](NC(=O)C[C@@H](CCCCCCC)OC(=O)CCCCCCCCCCC)[C@@H](OC(=O)C[C@H](O)CCCCCCC)[C@@H]2O)O[C@H](CO)[C@@H](OP(=O)(O)O)[C@@H]1OC(=O)C[C@H](O)CCCCCCC. The summed E-state index contributed by atoms with van der Waals surface area (Å²) < 4.78 is 66.6. The molecular weight excluding hydrogens is 1380 g/mol. The van der Waals surface area contributed by atoms with Crippen LogP contribution in [0.5, 0.6) is 0 Å². The van der Waals surface area contributed by atoms with Gasteiger partial charge in [-0.3, -0.25) is 33.3 Å². The quantitative estimate of drug-likeness (QED) is 0.0118. The summed E-state index contributed by atoms with van der Waals surface area (Å²) in [6.45, 7) is 9.57. The minimum Gasteiger partial charge on any atom is -0.480 e. The van der Waals surface area contributed by atoms with E-state index in [-0.39, 0.29) is 32.1 Å². The number of aliphatic hydroxyl groups excluding tert-OH is 4. The third-order valence-electron chi connectivity index (χ3n) is 19.5. The van der Waals surface area contributed by atoms with Crippen LogP contribution in [0.4, 0.5) is 0 Å². The number of phosphoric acid groups is 1. The fraction of sp³-hybridized carbons (Fsp3) is 0.910. The molecule has 614 valence electrons. The van der Waals surface area contributed by atoms with Crippen molar-refractivity contribution in [2.75, 3.05) is 19.8 Å². The summed E-state index contributed by atoms with van der Waals surface area (Å²) >= 11 is 0. The smallest absolute Gasteiger partial charge is 0.470 e. The first-order chi connectivity index (χ1) is 50.5. The molecule has 0 aromatic rings. The van der Waals surface area contributed by atoms with Crippen molar-refractivity contribution in [1.82, 2.24) is 10.6 Å². The van der Waals surface area contributed by atoms with Gasteiger partial charge in [-0.2, -0.15) is 0 Å². The second-order valence-corrected chi connectivity index (χ2v) is 30.5. The fourth-order valence-corrected chi connectivity index (χ4v) is 14.0. The molecule has 0 bridgehead atoms. The van der Waals surface area contributed by atoms with Gasteiger partial charge in [0.1, 0.15) is 55.3 Å². The second-order valence-electron chi connectivity index (χ2n) is 29.3. The lowest BCUT2D eigenvalue weighted by Gasteiger charge is -2.47. The van der Waals surface area contributed by atoms with E-state index < -0.39 is 181 Å². The number of carboxylic acids is 1. The van der Waals surface area contributed by atoms with Crippen molar-refractivity contribution >= 4 is 49.5 Å². The molecule has 2 aliphatic heterocycles. The van der Waals surface area contributed by atoms with Gasteiger partial charge < -0.3 is 83.8 Å². The number of esters is 4. The van der Waals surface area contributed by atoms with Gasteiger partial charge in [0.2, 0.25) is 11.8 Å². The van der Waals surface area contributed by atoms with Gasteiger partial charge in [-0.1, -0.05) is 260 Å². The molecule has 9 N–H and O–H groups in total. The van der Waals surface area contributed by atoms with Crippen molar-refractivity contribution in [2.45, 2.75) is 435 Å². The van der Waals surface area contributed by atoms with Crippen LogP contribution in [-0.2, 0) is 80.5 Å². The zero-order chi connectivity index (χ0) is 77.5. The molecule has 27 heteroatoms.